The van der Waals surface area contributed by atoms with E-state index in [9.17, 15) is 18.0 Å². The normalized spacial score (nSPS) is 15.3. The van der Waals surface area contributed by atoms with Gasteiger partial charge >= 0.3 is 0 Å². The van der Waals surface area contributed by atoms with Crippen LogP contribution in [0.25, 0.3) is 0 Å². The van der Waals surface area contributed by atoms with Gasteiger partial charge in [-0.1, -0.05) is 6.92 Å². The molecule has 4 nitrogen and oxygen atoms in total. The Kier molecular flexibility index (Phi) is 4.92. The fraction of sp³-hybridized carbons (Fsp3) is 0.333. The summed E-state index contributed by atoms with van der Waals surface area (Å²) in [7, 11) is 0. The van der Waals surface area contributed by atoms with Gasteiger partial charge in [-0.3, -0.25) is 9.78 Å². The number of halogens is 3. The first-order valence-corrected chi connectivity index (χ1v) is 8.10. The van der Waals surface area contributed by atoms with Crippen molar-refractivity contribution in [1.82, 2.24) is 9.88 Å². The lowest BCUT2D eigenvalue weighted by atomic mass is 9.99. The van der Waals surface area contributed by atoms with Crippen molar-refractivity contribution < 1.29 is 18.0 Å². The van der Waals surface area contributed by atoms with E-state index in [1.165, 1.54) is 18.5 Å². The highest BCUT2D eigenvalue weighted by molar-refractivity contribution is 5.95. The number of carbonyl (C=O) groups is 1. The minimum absolute atomic E-state index is 0.145. The van der Waals surface area contributed by atoms with Gasteiger partial charge in [0.15, 0.2) is 17.5 Å². The Hall–Kier alpha value is -2.57. The number of likely N-dealkylation sites (tertiary alicyclic amines) is 1. The topological polar surface area (TPSA) is 45.2 Å². The number of carbonyl (C=O) groups excluding carboxylic acids is 1. The van der Waals surface area contributed by atoms with Crippen LogP contribution in [0.15, 0.2) is 30.6 Å². The maximum Gasteiger partial charge on any atom is 0.255 e. The third-order valence-electron chi connectivity index (χ3n) is 4.37. The molecule has 1 aliphatic heterocycles. The lowest BCUT2D eigenvalue weighted by molar-refractivity contribution is 0.0697. The van der Waals surface area contributed by atoms with Crippen molar-refractivity contribution in [3.05, 3.63) is 53.6 Å². The highest BCUT2D eigenvalue weighted by Gasteiger charge is 2.22. The number of amides is 1. The smallest absolute Gasteiger partial charge is 0.255 e. The molecule has 1 N–H and O–H groups in total. The number of pyridine rings is 1. The molecule has 1 aliphatic rings. The Labute approximate surface area is 143 Å². The number of nitrogens with one attached hydrogen (secondary N) is 1. The molecule has 1 fully saturated rings. The van der Waals surface area contributed by atoms with Crippen LogP contribution in [0, 0.1) is 23.4 Å². The van der Waals surface area contributed by atoms with E-state index in [-0.39, 0.29) is 11.6 Å². The number of benzene rings is 1. The molecule has 132 valence electrons. The van der Waals surface area contributed by atoms with Gasteiger partial charge < -0.3 is 10.2 Å². The molecular weight excluding hydrogens is 331 g/mol. The number of rotatable bonds is 3. The molecule has 7 heteroatoms. The lowest BCUT2D eigenvalue weighted by Crippen LogP contribution is -2.37. The molecule has 1 aromatic heterocycles. The molecule has 3 rings (SSSR count). The highest BCUT2D eigenvalue weighted by atomic mass is 19.2. The van der Waals surface area contributed by atoms with Crippen LogP contribution in [0.1, 0.15) is 30.1 Å². The average molecular weight is 349 g/mol. The van der Waals surface area contributed by atoms with E-state index in [1.54, 1.807) is 4.90 Å². The van der Waals surface area contributed by atoms with Crippen LogP contribution in [0.4, 0.5) is 24.5 Å². The number of piperidine rings is 1. The molecule has 2 aromatic rings. The zero-order chi connectivity index (χ0) is 18.0. The van der Waals surface area contributed by atoms with Gasteiger partial charge in [-0.25, -0.2) is 13.2 Å². The van der Waals surface area contributed by atoms with E-state index in [0.29, 0.717) is 30.3 Å². The molecule has 0 bridgehead atoms. The van der Waals surface area contributed by atoms with Crippen molar-refractivity contribution in [2.45, 2.75) is 19.8 Å². The van der Waals surface area contributed by atoms with E-state index in [4.69, 9.17) is 0 Å². The highest BCUT2D eigenvalue weighted by Crippen LogP contribution is 2.24. The second kappa shape index (κ2) is 7.13. The van der Waals surface area contributed by atoms with Crippen molar-refractivity contribution in [1.29, 1.82) is 0 Å². The van der Waals surface area contributed by atoms with Gasteiger partial charge in [-0.15, -0.1) is 0 Å². The Morgan fingerprint density at radius 2 is 1.88 bits per heavy atom. The van der Waals surface area contributed by atoms with Crippen LogP contribution >= 0.6 is 0 Å². The zero-order valence-corrected chi connectivity index (χ0v) is 13.7. The average Bonchev–Trinajstić information content (AvgIpc) is 2.62. The minimum Gasteiger partial charge on any atom is -0.352 e. The first kappa shape index (κ1) is 17.3. The molecule has 0 saturated carbocycles. The molecule has 1 saturated heterocycles. The second-order valence-electron chi connectivity index (χ2n) is 6.28. The van der Waals surface area contributed by atoms with Gasteiger partial charge in [0.2, 0.25) is 0 Å². The molecule has 0 unspecified atom stereocenters. The quantitative estimate of drug-likeness (QED) is 0.848. The Bertz CT molecular complexity index is 789. The van der Waals surface area contributed by atoms with Gasteiger partial charge in [0, 0.05) is 19.3 Å². The fourth-order valence-electron chi connectivity index (χ4n) is 2.80. The first-order chi connectivity index (χ1) is 12.0. The Morgan fingerprint density at radius 1 is 1.16 bits per heavy atom. The van der Waals surface area contributed by atoms with Gasteiger partial charge in [0.1, 0.15) is 0 Å². The van der Waals surface area contributed by atoms with Crippen molar-refractivity contribution in [3.8, 4) is 0 Å². The summed E-state index contributed by atoms with van der Waals surface area (Å²) in [5, 5.41) is 2.63. The largest absolute Gasteiger partial charge is 0.352 e. The molecule has 2 heterocycles. The van der Waals surface area contributed by atoms with E-state index in [2.05, 4.69) is 17.2 Å². The number of aromatic nitrogens is 1. The SMILES string of the molecule is CC1CCN(C(=O)c2cncc(Nc3ccc(F)c(F)c3F)c2)CC1. The molecule has 0 spiro atoms. The van der Waals surface area contributed by atoms with Gasteiger partial charge in [0.25, 0.3) is 5.91 Å². The summed E-state index contributed by atoms with van der Waals surface area (Å²) in [6, 6.07) is 3.44. The van der Waals surface area contributed by atoms with Crippen molar-refractivity contribution >= 4 is 17.3 Å². The van der Waals surface area contributed by atoms with Gasteiger partial charge in [-0.2, -0.15) is 0 Å². The maximum atomic E-state index is 13.8. The predicted molar refractivity (Wildman–Crippen MR) is 88.1 cm³/mol. The molecule has 0 aliphatic carbocycles. The Balaban J connectivity index is 1.78. The summed E-state index contributed by atoms with van der Waals surface area (Å²) in [6.45, 7) is 3.54. The van der Waals surface area contributed by atoms with E-state index in [0.717, 1.165) is 25.0 Å². The number of anilines is 2. The van der Waals surface area contributed by atoms with Crippen LogP contribution in [0.2, 0.25) is 0 Å². The number of nitrogens with zero attached hydrogens (tertiary/aromatic N) is 2. The predicted octanol–water partition coefficient (Wildman–Crippen LogP) is 4.11. The maximum absolute atomic E-state index is 13.8. The van der Waals surface area contributed by atoms with Crippen LogP contribution in [0.5, 0.6) is 0 Å². The molecule has 0 radical (unpaired) electrons. The molecule has 1 aromatic carbocycles. The van der Waals surface area contributed by atoms with Gasteiger partial charge in [0.05, 0.1) is 23.1 Å². The summed E-state index contributed by atoms with van der Waals surface area (Å²) in [4.78, 5) is 18.3. The van der Waals surface area contributed by atoms with E-state index < -0.39 is 17.5 Å². The van der Waals surface area contributed by atoms with Crippen LogP contribution in [-0.2, 0) is 0 Å². The van der Waals surface area contributed by atoms with Crippen LogP contribution in [-0.4, -0.2) is 28.9 Å². The summed E-state index contributed by atoms with van der Waals surface area (Å²) < 4.78 is 40.1. The summed E-state index contributed by atoms with van der Waals surface area (Å²) in [5.41, 5.74) is 0.459. The molecule has 25 heavy (non-hydrogen) atoms. The summed E-state index contributed by atoms with van der Waals surface area (Å²) >= 11 is 0. The monoisotopic (exact) mass is 349 g/mol. The third-order valence-corrected chi connectivity index (χ3v) is 4.37. The minimum atomic E-state index is -1.55. The molecular formula is C18H18F3N3O. The second-order valence-corrected chi connectivity index (χ2v) is 6.28. The van der Waals surface area contributed by atoms with Crippen molar-refractivity contribution in [3.63, 3.8) is 0 Å². The molecule has 1 amide bonds. The van der Waals surface area contributed by atoms with E-state index >= 15 is 0 Å². The van der Waals surface area contributed by atoms with E-state index in [1.807, 2.05) is 0 Å². The van der Waals surface area contributed by atoms with Crippen molar-refractivity contribution in [2.75, 3.05) is 18.4 Å². The standard InChI is InChI=1S/C18H18F3N3O/c1-11-4-6-24(7-5-11)18(25)12-8-13(10-22-9-12)23-15-3-2-14(19)16(20)17(15)21/h2-3,8-11,23H,4-7H2,1H3. The van der Waals surface area contributed by atoms with Crippen LogP contribution < -0.4 is 5.32 Å². The summed E-state index contributed by atoms with van der Waals surface area (Å²) in [6.07, 6.45) is 4.73. The van der Waals surface area contributed by atoms with Crippen molar-refractivity contribution in [2.24, 2.45) is 5.92 Å². The van der Waals surface area contributed by atoms with Gasteiger partial charge in [-0.05, 0) is 37.0 Å². The zero-order valence-electron chi connectivity index (χ0n) is 13.7. The number of hydrogen-bond acceptors (Lipinski definition) is 3. The van der Waals surface area contributed by atoms with Crippen LogP contribution in [0.3, 0.4) is 0 Å². The number of hydrogen-bond donors (Lipinski definition) is 1. The lowest BCUT2D eigenvalue weighted by Gasteiger charge is -2.30. The Morgan fingerprint density at radius 3 is 2.60 bits per heavy atom. The first-order valence-electron chi connectivity index (χ1n) is 8.10. The fourth-order valence-corrected chi connectivity index (χ4v) is 2.80. The summed E-state index contributed by atoms with van der Waals surface area (Å²) in [5.74, 6) is -3.67. The molecule has 0 atom stereocenters. The third kappa shape index (κ3) is 3.75.